The van der Waals surface area contributed by atoms with Gasteiger partial charge in [-0.1, -0.05) is 36.4 Å². The zero-order valence-corrected chi connectivity index (χ0v) is 10.7. The van der Waals surface area contributed by atoms with Crippen LogP contribution >= 0.6 is 0 Å². The predicted octanol–water partition coefficient (Wildman–Crippen LogP) is 3.09. The van der Waals surface area contributed by atoms with Gasteiger partial charge in [-0.3, -0.25) is 0 Å². The van der Waals surface area contributed by atoms with Gasteiger partial charge in [0.05, 0.1) is 5.52 Å². The van der Waals surface area contributed by atoms with Crippen molar-refractivity contribution in [3.63, 3.8) is 0 Å². The van der Waals surface area contributed by atoms with Gasteiger partial charge in [-0.15, -0.1) is 0 Å². The number of rotatable bonds is 0. The average Bonchev–Trinajstić information content (AvgIpc) is 2.96. The fourth-order valence-corrected chi connectivity index (χ4v) is 1.99. The van der Waals surface area contributed by atoms with E-state index in [1.807, 2.05) is 42.6 Å². The molecule has 2 aromatic heterocycles. The normalized spacial score (nSPS) is 10.2. The summed E-state index contributed by atoms with van der Waals surface area (Å²) in [5.74, 6) is 0. The van der Waals surface area contributed by atoms with Crippen molar-refractivity contribution < 1.29 is 0 Å². The molecule has 0 radical (unpaired) electrons. The molecule has 0 aliphatic carbocycles. The number of benzene rings is 2. The van der Waals surface area contributed by atoms with Crippen LogP contribution in [0.15, 0.2) is 71.8 Å². The average molecular weight is 263 g/mol. The quantitative estimate of drug-likeness (QED) is 0.512. The highest BCUT2D eigenvalue weighted by Gasteiger charge is 1.90. The molecule has 0 saturated heterocycles. The lowest BCUT2D eigenvalue weighted by molar-refractivity contribution is 1.12. The molecule has 4 rings (SSSR count). The van der Waals surface area contributed by atoms with Crippen molar-refractivity contribution >= 4 is 21.8 Å². The highest BCUT2D eigenvalue weighted by molar-refractivity contribution is 5.78. The van der Waals surface area contributed by atoms with Crippen LogP contribution in [-0.2, 0) is 0 Å². The van der Waals surface area contributed by atoms with Crippen molar-refractivity contribution in [1.29, 1.82) is 0 Å². The molecule has 4 nitrogen and oxygen atoms in total. The number of nitrogens with one attached hydrogen (secondary N) is 2. The van der Waals surface area contributed by atoms with E-state index in [1.165, 1.54) is 10.9 Å². The maximum atomic E-state index is 10.7. The third-order valence-electron chi connectivity index (χ3n) is 2.99. The number of hydrogen-bond acceptors (Lipinski definition) is 2. The van der Waals surface area contributed by atoms with Gasteiger partial charge >= 0.3 is 5.69 Å². The minimum absolute atomic E-state index is 0.302. The lowest BCUT2D eigenvalue weighted by atomic mass is 10.2. The van der Waals surface area contributed by atoms with Crippen molar-refractivity contribution in [1.82, 2.24) is 15.0 Å². The van der Waals surface area contributed by atoms with Crippen LogP contribution in [0.2, 0.25) is 0 Å². The molecule has 0 aliphatic heterocycles. The number of H-pyrrole nitrogens is 2. The molecule has 0 unspecified atom stereocenters. The van der Waals surface area contributed by atoms with Gasteiger partial charge in [0.25, 0.3) is 0 Å². The van der Waals surface area contributed by atoms with Gasteiger partial charge in [0.15, 0.2) is 0 Å². The van der Waals surface area contributed by atoms with E-state index in [0.717, 1.165) is 10.9 Å². The van der Waals surface area contributed by atoms with Crippen LogP contribution in [0.5, 0.6) is 0 Å². The Morgan fingerprint density at radius 1 is 0.800 bits per heavy atom. The second kappa shape index (κ2) is 5.40. The Kier molecular flexibility index (Phi) is 3.29. The molecule has 20 heavy (non-hydrogen) atoms. The van der Waals surface area contributed by atoms with Crippen LogP contribution in [0.3, 0.4) is 0 Å². The molecule has 0 amide bonds. The molecule has 2 heterocycles. The van der Waals surface area contributed by atoms with E-state index in [1.54, 1.807) is 6.20 Å². The Hall–Kier alpha value is -2.88. The van der Waals surface area contributed by atoms with Gasteiger partial charge in [0.1, 0.15) is 0 Å². The Labute approximate surface area is 115 Å². The summed E-state index contributed by atoms with van der Waals surface area (Å²) in [5, 5.41) is 2.23. The van der Waals surface area contributed by atoms with Gasteiger partial charge in [0.2, 0.25) is 0 Å². The molecule has 0 saturated carbocycles. The van der Waals surface area contributed by atoms with Crippen molar-refractivity contribution in [2.75, 3.05) is 0 Å². The zero-order chi connectivity index (χ0) is 13.8. The third-order valence-corrected chi connectivity index (χ3v) is 2.99. The highest BCUT2D eigenvalue weighted by Crippen LogP contribution is 2.09. The number of nitrogens with zero attached hydrogens (tertiary/aromatic N) is 1. The second-order valence-electron chi connectivity index (χ2n) is 4.34. The Balaban J connectivity index is 0.000000123. The van der Waals surface area contributed by atoms with Crippen molar-refractivity contribution in [2.24, 2.45) is 0 Å². The zero-order valence-electron chi connectivity index (χ0n) is 10.7. The van der Waals surface area contributed by atoms with E-state index in [0.29, 0.717) is 0 Å². The second-order valence-corrected chi connectivity index (χ2v) is 4.34. The lowest BCUT2D eigenvalue weighted by Gasteiger charge is -1.92. The molecule has 0 aliphatic rings. The first-order chi connectivity index (χ1) is 9.83. The molecule has 98 valence electrons. The number of para-hydroxylation sites is 2. The summed E-state index contributed by atoms with van der Waals surface area (Å²) in [6, 6.07) is 17.8. The monoisotopic (exact) mass is 263 g/mol. The standard InChI is InChI=1S/C8H6N2O.C8H7N/c11-8-9-5-6-3-1-2-4-7(6)10-8;1-2-4-8-7(3-1)5-6-9-8/h1-5H,(H,9,10,11);1-6,9H. The van der Waals surface area contributed by atoms with Crippen LogP contribution in [0.1, 0.15) is 0 Å². The molecule has 4 aromatic rings. The highest BCUT2D eigenvalue weighted by atomic mass is 16.1. The number of hydrogen-bond donors (Lipinski definition) is 2. The minimum Gasteiger partial charge on any atom is -0.361 e. The van der Waals surface area contributed by atoms with E-state index in [-0.39, 0.29) is 5.69 Å². The summed E-state index contributed by atoms with van der Waals surface area (Å²) in [6.07, 6.45) is 3.51. The summed E-state index contributed by atoms with van der Waals surface area (Å²) < 4.78 is 0. The van der Waals surface area contributed by atoms with Crippen LogP contribution < -0.4 is 5.69 Å². The number of fused-ring (bicyclic) bond motifs is 2. The Bertz CT molecular complexity index is 862. The van der Waals surface area contributed by atoms with E-state index in [2.05, 4.69) is 33.2 Å². The van der Waals surface area contributed by atoms with Gasteiger partial charge < -0.3 is 9.97 Å². The molecule has 0 bridgehead atoms. The fourth-order valence-electron chi connectivity index (χ4n) is 1.99. The van der Waals surface area contributed by atoms with Crippen molar-refractivity contribution in [3.8, 4) is 0 Å². The molecule has 0 fully saturated rings. The SMILES string of the molecule is O=c1ncc2ccccc2[nH]1.c1ccc2[nH]ccc2c1. The van der Waals surface area contributed by atoms with Crippen molar-refractivity contribution in [3.05, 3.63) is 77.5 Å². The van der Waals surface area contributed by atoms with E-state index in [4.69, 9.17) is 0 Å². The van der Waals surface area contributed by atoms with Gasteiger partial charge in [0, 0.05) is 23.3 Å². The maximum absolute atomic E-state index is 10.7. The first-order valence-corrected chi connectivity index (χ1v) is 6.29. The topological polar surface area (TPSA) is 61.5 Å². The maximum Gasteiger partial charge on any atom is 0.345 e. The largest absolute Gasteiger partial charge is 0.361 e. The Morgan fingerprint density at radius 2 is 1.50 bits per heavy atom. The first-order valence-electron chi connectivity index (χ1n) is 6.29. The van der Waals surface area contributed by atoms with Crippen molar-refractivity contribution in [2.45, 2.75) is 0 Å². The summed E-state index contributed by atoms with van der Waals surface area (Å²) in [7, 11) is 0. The molecular formula is C16H13N3O. The molecule has 0 spiro atoms. The lowest BCUT2D eigenvalue weighted by Crippen LogP contribution is -2.07. The summed E-state index contributed by atoms with van der Waals surface area (Å²) in [6.45, 7) is 0. The molecular weight excluding hydrogens is 250 g/mol. The van der Waals surface area contributed by atoms with Crippen LogP contribution in [0, 0.1) is 0 Å². The molecule has 2 N–H and O–H groups in total. The predicted molar refractivity (Wildman–Crippen MR) is 80.7 cm³/mol. The molecule has 0 atom stereocenters. The number of aromatic nitrogens is 3. The van der Waals surface area contributed by atoms with E-state index < -0.39 is 0 Å². The smallest absolute Gasteiger partial charge is 0.345 e. The summed E-state index contributed by atoms with van der Waals surface area (Å²) >= 11 is 0. The third kappa shape index (κ3) is 2.59. The Morgan fingerprint density at radius 3 is 2.30 bits per heavy atom. The van der Waals surface area contributed by atoms with Gasteiger partial charge in [-0.2, -0.15) is 0 Å². The molecule has 2 aromatic carbocycles. The first kappa shape index (κ1) is 12.2. The molecule has 4 heteroatoms. The summed E-state index contributed by atoms with van der Waals surface area (Å²) in [5.41, 5.74) is 1.73. The van der Waals surface area contributed by atoms with E-state index >= 15 is 0 Å². The van der Waals surface area contributed by atoms with Gasteiger partial charge in [-0.05, 0) is 23.6 Å². The van der Waals surface area contributed by atoms with Crippen LogP contribution in [-0.4, -0.2) is 15.0 Å². The van der Waals surface area contributed by atoms with E-state index in [9.17, 15) is 4.79 Å². The number of aromatic amines is 2. The van der Waals surface area contributed by atoms with Gasteiger partial charge in [-0.25, -0.2) is 9.78 Å². The van der Waals surface area contributed by atoms with Crippen LogP contribution in [0.25, 0.3) is 21.8 Å². The fraction of sp³-hybridized carbons (Fsp3) is 0. The minimum atomic E-state index is -0.302. The summed E-state index contributed by atoms with van der Waals surface area (Å²) in [4.78, 5) is 20.1. The van der Waals surface area contributed by atoms with Crippen LogP contribution in [0.4, 0.5) is 0 Å².